The summed E-state index contributed by atoms with van der Waals surface area (Å²) in [4.78, 5) is 12.9. The van der Waals surface area contributed by atoms with Crippen LogP contribution in [0.5, 0.6) is 0 Å². The van der Waals surface area contributed by atoms with Crippen molar-refractivity contribution in [1.82, 2.24) is 10.2 Å². The number of piperidine rings is 1. The fraction of sp³-hybridized carbons (Fsp3) is 0.917. The van der Waals surface area contributed by atoms with Crippen LogP contribution in [-0.2, 0) is 4.79 Å². The molecule has 2 N–H and O–H groups in total. The molecule has 94 valence electrons. The van der Waals surface area contributed by atoms with Crippen LogP contribution >= 0.6 is 0 Å². The average Bonchev–Trinajstić information content (AvgIpc) is 2.16. The summed E-state index contributed by atoms with van der Waals surface area (Å²) in [6.45, 7) is 8.47. The van der Waals surface area contributed by atoms with E-state index in [1.54, 1.807) is 0 Å². The molecule has 0 amide bonds. The normalized spacial score (nSPS) is 22.6. The predicted molar refractivity (Wildman–Crippen MR) is 64.6 cm³/mol. The van der Waals surface area contributed by atoms with Gasteiger partial charge in [-0.05, 0) is 25.3 Å². The van der Waals surface area contributed by atoms with Gasteiger partial charge < -0.3 is 15.3 Å². The maximum Gasteiger partial charge on any atom is 0.304 e. The Balaban J connectivity index is 2.19. The first-order valence-corrected chi connectivity index (χ1v) is 6.25. The van der Waals surface area contributed by atoms with Gasteiger partial charge in [-0.2, -0.15) is 0 Å². The Bertz CT molecular complexity index is 219. The van der Waals surface area contributed by atoms with E-state index < -0.39 is 5.97 Å². The maximum atomic E-state index is 10.4. The van der Waals surface area contributed by atoms with Crippen LogP contribution in [0.1, 0.15) is 33.1 Å². The van der Waals surface area contributed by atoms with Gasteiger partial charge in [0.1, 0.15) is 0 Å². The van der Waals surface area contributed by atoms with Gasteiger partial charge in [0.25, 0.3) is 0 Å². The molecule has 1 fully saturated rings. The highest BCUT2D eigenvalue weighted by molar-refractivity contribution is 5.66. The first-order valence-electron chi connectivity index (χ1n) is 6.25. The van der Waals surface area contributed by atoms with Crippen molar-refractivity contribution in [3.8, 4) is 0 Å². The number of rotatable bonds is 6. The first kappa shape index (κ1) is 13.5. The monoisotopic (exact) mass is 228 g/mol. The SMILES string of the molecule is CC(C)CN1CCCC(NCCC(=O)O)C1. The van der Waals surface area contributed by atoms with Crippen molar-refractivity contribution in [3.63, 3.8) is 0 Å². The smallest absolute Gasteiger partial charge is 0.304 e. The molecule has 0 aromatic heterocycles. The number of carboxylic acid groups (broad SMARTS) is 1. The van der Waals surface area contributed by atoms with Crippen LogP contribution in [0.15, 0.2) is 0 Å². The lowest BCUT2D eigenvalue weighted by atomic mass is 10.0. The Kier molecular flexibility index (Phi) is 5.77. The molecule has 0 aromatic carbocycles. The predicted octanol–water partition coefficient (Wildman–Crippen LogP) is 1.17. The molecule has 1 aliphatic heterocycles. The van der Waals surface area contributed by atoms with E-state index in [1.807, 2.05) is 0 Å². The number of aliphatic carboxylic acids is 1. The topological polar surface area (TPSA) is 52.6 Å². The molecular weight excluding hydrogens is 204 g/mol. The zero-order valence-electron chi connectivity index (χ0n) is 10.4. The van der Waals surface area contributed by atoms with Crippen molar-refractivity contribution in [1.29, 1.82) is 0 Å². The van der Waals surface area contributed by atoms with Gasteiger partial charge in [0.05, 0.1) is 6.42 Å². The average molecular weight is 228 g/mol. The Labute approximate surface area is 98.0 Å². The van der Waals surface area contributed by atoms with Crippen LogP contribution in [-0.4, -0.2) is 48.2 Å². The lowest BCUT2D eigenvalue weighted by Crippen LogP contribution is -2.47. The molecular formula is C12H24N2O2. The van der Waals surface area contributed by atoms with E-state index in [9.17, 15) is 4.79 Å². The third-order valence-electron chi connectivity index (χ3n) is 2.90. The zero-order chi connectivity index (χ0) is 12.0. The summed E-state index contributed by atoms with van der Waals surface area (Å²) < 4.78 is 0. The van der Waals surface area contributed by atoms with Crippen molar-refractivity contribution < 1.29 is 9.90 Å². The third-order valence-corrected chi connectivity index (χ3v) is 2.90. The van der Waals surface area contributed by atoms with Gasteiger partial charge >= 0.3 is 5.97 Å². The van der Waals surface area contributed by atoms with E-state index in [4.69, 9.17) is 5.11 Å². The summed E-state index contributed by atoms with van der Waals surface area (Å²) in [7, 11) is 0. The van der Waals surface area contributed by atoms with Gasteiger partial charge in [0.15, 0.2) is 0 Å². The second kappa shape index (κ2) is 6.86. The highest BCUT2D eigenvalue weighted by Gasteiger charge is 2.19. The number of hydrogen-bond acceptors (Lipinski definition) is 3. The molecule has 1 rings (SSSR count). The molecule has 0 aliphatic carbocycles. The fourth-order valence-corrected chi connectivity index (χ4v) is 2.29. The first-order chi connectivity index (χ1) is 7.58. The number of nitrogens with zero attached hydrogens (tertiary/aromatic N) is 1. The molecule has 4 heteroatoms. The largest absolute Gasteiger partial charge is 0.481 e. The number of hydrogen-bond donors (Lipinski definition) is 2. The number of likely N-dealkylation sites (tertiary alicyclic amines) is 1. The van der Waals surface area contributed by atoms with Gasteiger partial charge in [-0.3, -0.25) is 4.79 Å². The van der Waals surface area contributed by atoms with E-state index in [1.165, 1.54) is 19.4 Å². The van der Waals surface area contributed by atoms with Crippen molar-refractivity contribution in [3.05, 3.63) is 0 Å². The van der Waals surface area contributed by atoms with Gasteiger partial charge in [-0.1, -0.05) is 13.8 Å². The lowest BCUT2D eigenvalue weighted by molar-refractivity contribution is -0.136. The van der Waals surface area contributed by atoms with Gasteiger partial charge in [-0.25, -0.2) is 0 Å². The van der Waals surface area contributed by atoms with Crippen molar-refractivity contribution in [2.45, 2.75) is 39.2 Å². The minimum Gasteiger partial charge on any atom is -0.481 e. The second-order valence-electron chi connectivity index (χ2n) is 5.09. The van der Waals surface area contributed by atoms with Crippen LogP contribution in [0.25, 0.3) is 0 Å². The lowest BCUT2D eigenvalue weighted by Gasteiger charge is -2.34. The summed E-state index contributed by atoms with van der Waals surface area (Å²) in [6.07, 6.45) is 2.62. The molecule has 0 radical (unpaired) electrons. The Morgan fingerprint density at radius 2 is 2.31 bits per heavy atom. The molecule has 0 spiro atoms. The summed E-state index contributed by atoms with van der Waals surface area (Å²) in [5.41, 5.74) is 0. The molecule has 0 aromatic rings. The van der Waals surface area contributed by atoms with Gasteiger partial charge in [0.2, 0.25) is 0 Å². The quantitative estimate of drug-likeness (QED) is 0.716. The van der Waals surface area contributed by atoms with E-state index in [0.717, 1.165) is 13.1 Å². The molecule has 1 saturated heterocycles. The van der Waals surface area contributed by atoms with Crippen molar-refractivity contribution in [2.75, 3.05) is 26.2 Å². The summed E-state index contributed by atoms with van der Waals surface area (Å²) in [5, 5.41) is 11.9. The van der Waals surface area contributed by atoms with Crippen LogP contribution < -0.4 is 5.32 Å². The Morgan fingerprint density at radius 3 is 2.94 bits per heavy atom. The summed E-state index contributed by atoms with van der Waals surface area (Å²) in [6, 6.07) is 0.479. The maximum absolute atomic E-state index is 10.4. The van der Waals surface area contributed by atoms with Crippen LogP contribution in [0.2, 0.25) is 0 Å². The molecule has 0 saturated carbocycles. The minimum absolute atomic E-state index is 0.223. The summed E-state index contributed by atoms with van der Waals surface area (Å²) >= 11 is 0. The fourth-order valence-electron chi connectivity index (χ4n) is 2.29. The van der Waals surface area contributed by atoms with Crippen molar-refractivity contribution >= 4 is 5.97 Å². The highest BCUT2D eigenvalue weighted by Crippen LogP contribution is 2.11. The van der Waals surface area contributed by atoms with Crippen LogP contribution in [0, 0.1) is 5.92 Å². The third kappa shape index (κ3) is 5.47. The van der Waals surface area contributed by atoms with Crippen LogP contribution in [0.3, 0.4) is 0 Å². The molecule has 1 unspecified atom stereocenters. The van der Waals surface area contributed by atoms with Crippen LogP contribution in [0.4, 0.5) is 0 Å². The second-order valence-corrected chi connectivity index (χ2v) is 5.09. The Morgan fingerprint density at radius 1 is 1.56 bits per heavy atom. The van der Waals surface area contributed by atoms with Gasteiger partial charge in [-0.15, -0.1) is 0 Å². The zero-order valence-corrected chi connectivity index (χ0v) is 10.4. The standard InChI is InChI=1S/C12H24N2O2/c1-10(2)8-14-7-3-4-11(9-14)13-6-5-12(15)16/h10-11,13H,3-9H2,1-2H3,(H,15,16). The molecule has 0 bridgehead atoms. The molecule has 1 aliphatic rings. The van der Waals surface area contributed by atoms with E-state index in [-0.39, 0.29) is 6.42 Å². The molecule has 16 heavy (non-hydrogen) atoms. The van der Waals surface area contributed by atoms with Crippen molar-refractivity contribution in [2.24, 2.45) is 5.92 Å². The summed E-state index contributed by atoms with van der Waals surface area (Å²) in [5.74, 6) is -0.0138. The van der Waals surface area contributed by atoms with E-state index >= 15 is 0 Å². The highest BCUT2D eigenvalue weighted by atomic mass is 16.4. The number of nitrogens with one attached hydrogen (secondary N) is 1. The molecule has 4 nitrogen and oxygen atoms in total. The Hall–Kier alpha value is -0.610. The minimum atomic E-state index is -0.720. The van der Waals surface area contributed by atoms with E-state index in [2.05, 4.69) is 24.1 Å². The molecule has 1 heterocycles. The van der Waals surface area contributed by atoms with E-state index in [0.29, 0.717) is 18.5 Å². The molecule has 1 atom stereocenters. The number of carboxylic acids is 1. The van der Waals surface area contributed by atoms with Gasteiger partial charge in [0, 0.05) is 25.7 Å². The number of carbonyl (C=O) groups is 1.